The van der Waals surface area contributed by atoms with Gasteiger partial charge in [0.25, 0.3) is 0 Å². The zero-order chi connectivity index (χ0) is 22.9. The lowest BCUT2D eigenvalue weighted by Crippen LogP contribution is -2.07. The van der Waals surface area contributed by atoms with Gasteiger partial charge in [0, 0.05) is 48.8 Å². The summed E-state index contributed by atoms with van der Waals surface area (Å²) in [6.45, 7) is 2.25. The molecule has 0 radical (unpaired) electrons. The van der Waals surface area contributed by atoms with Crippen molar-refractivity contribution >= 4 is 22.1 Å². The van der Waals surface area contributed by atoms with Gasteiger partial charge in [-0.3, -0.25) is 0 Å². The fourth-order valence-corrected chi connectivity index (χ4v) is 4.55. The highest BCUT2D eigenvalue weighted by Crippen LogP contribution is 2.24. The maximum atomic E-state index is 4.83. The normalized spacial score (nSPS) is 12.6. The van der Waals surface area contributed by atoms with Crippen molar-refractivity contribution in [2.75, 3.05) is 0 Å². The maximum absolute atomic E-state index is 4.83. The van der Waals surface area contributed by atoms with Gasteiger partial charge in [-0.2, -0.15) is 0 Å². The number of aromatic amines is 4. The quantitative estimate of drug-likeness (QED) is 0.248. The van der Waals surface area contributed by atoms with Gasteiger partial charge in [0.1, 0.15) is 23.3 Å². The van der Waals surface area contributed by atoms with Crippen molar-refractivity contribution in [1.29, 1.82) is 0 Å². The van der Waals surface area contributed by atoms with E-state index in [-0.39, 0.29) is 0 Å². The Morgan fingerprint density at radius 3 is 1.91 bits per heavy atom. The van der Waals surface area contributed by atoms with E-state index in [1.807, 2.05) is 12.4 Å². The molecule has 1 atom stereocenters. The van der Waals surface area contributed by atoms with Gasteiger partial charge >= 0.3 is 0 Å². The minimum atomic E-state index is 0.525. The lowest BCUT2D eigenvalue weighted by molar-refractivity contribution is 0.456. The minimum absolute atomic E-state index is 0.525. The van der Waals surface area contributed by atoms with Crippen LogP contribution in [0.25, 0.3) is 44.8 Å². The first-order valence-corrected chi connectivity index (χ1v) is 11.7. The predicted octanol–water partition coefficient (Wildman–Crippen LogP) is 5.42. The molecular formula is C26H26N8. The average molecular weight is 451 g/mol. The van der Waals surface area contributed by atoms with E-state index in [2.05, 4.69) is 73.2 Å². The van der Waals surface area contributed by atoms with Crippen LogP contribution in [0, 0.1) is 5.92 Å². The highest BCUT2D eigenvalue weighted by Gasteiger charge is 2.14. The molecular weight excluding hydrogens is 424 g/mol. The summed E-state index contributed by atoms with van der Waals surface area (Å²) in [5.74, 6) is 4.32. The summed E-state index contributed by atoms with van der Waals surface area (Å²) in [5.41, 5.74) is 6.18. The van der Waals surface area contributed by atoms with E-state index in [4.69, 9.17) is 9.97 Å². The zero-order valence-corrected chi connectivity index (χ0v) is 19.0. The summed E-state index contributed by atoms with van der Waals surface area (Å²) < 4.78 is 0. The van der Waals surface area contributed by atoms with E-state index in [0.717, 1.165) is 82.2 Å². The molecule has 0 spiro atoms. The molecule has 4 N–H and O–H groups in total. The number of rotatable bonds is 8. The Balaban J connectivity index is 1.14. The first kappa shape index (κ1) is 20.4. The second-order valence-corrected chi connectivity index (χ2v) is 8.72. The molecule has 0 aliphatic carbocycles. The predicted molar refractivity (Wildman–Crippen MR) is 133 cm³/mol. The molecule has 0 saturated heterocycles. The van der Waals surface area contributed by atoms with Crippen LogP contribution in [0.1, 0.15) is 31.4 Å². The molecule has 0 amide bonds. The number of hydrogen-bond donors (Lipinski definition) is 4. The number of aryl methyl sites for hydroxylation is 1. The van der Waals surface area contributed by atoms with Crippen LogP contribution in [0.2, 0.25) is 0 Å². The monoisotopic (exact) mass is 450 g/mol. The molecule has 170 valence electrons. The van der Waals surface area contributed by atoms with Crippen LogP contribution in [0.15, 0.2) is 61.2 Å². The van der Waals surface area contributed by atoms with Crippen molar-refractivity contribution in [3.8, 4) is 22.8 Å². The molecule has 6 aromatic rings. The second kappa shape index (κ2) is 8.62. The van der Waals surface area contributed by atoms with Crippen molar-refractivity contribution < 1.29 is 0 Å². The highest BCUT2D eigenvalue weighted by atomic mass is 14.9. The molecule has 2 aromatic carbocycles. The van der Waals surface area contributed by atoms with Gasteiger partial charge in [-0.25, -0.2) is 19.9 Å². The third-order valence-corrected chi connectivity index (χ3v) is 6.45. The van der Waals surface area contributed by atoms with Crippen molar-refractivity contribution in [3.63, 3.8) is 0 Å². The Kier molecular flexibility index (Phi) is 5.18. The summed E-state index contributed by atoms with van der Waals surface area (Å²) in [5, 5.41) is 0. The molecule has 4 aromatic heterocycles. The number of nitrogens with zero attached hydrogens (tertiary/aromatic N) is 4. The van der Waals surface area contributed by atoms with Crippen LogP contribution in [-0.2, 0) is 12.8 Å². The van der Waals surface area contributed by atoms with Crippen LogP contribution in [0.5, 0.6) is 0 Å². The first-order chi connectivity index (χ1) is 16.7. The summed E-state index contributed by atoms with van der Waals surface area (Å²) in [7, 11) is 0. The van der Waals surface area contributed by atoms with E-state index in [1.54, 1.807) is 12.4 Å². The molecule has 0 aliphatic heterocycles. The number of aromatic nitrogens is 8. The van der Waals surface area contributed by atoms with Crippen molar-refractivity contribution in [3.05, 3.63) is 72.8 Å². The molecule has 0 fully saturated rings. The SMILES string of the molecule is CCC(CCc1nc2ccc(-c3ncc[nH]3)cc2[nH]1)Cc1nc2ccc(-c3ncc[nH]3)cc2[nH]1. The Hall–Kier alpha value is -4.20. The fraction of sp³-hybridized carbons (Fsp3) is 0.231. The Morgan fingerprint density at radius 2 is 1.35 bits per heavy atom. The van der Waals surface area contributed by atoms with Crippen LogP contribution >= 0.6 is 0 Å². The van der Waals surface area contributed by atoms with Crippen LogP contribution in [-0.4, -0.2) is 39.9 Å². The Labute approximate surface area is 196 Å². The number of nitrogens with one attached hydrogen (secondary N) is 4. The third kappa shape index (κ3) is 3.98. The van der Waals surface area contributed by atoms with Crippen molar-refractivity contribution in [1.82, 2.24) is 39.9 Å². The maximum Gasteiger partial charge on any atom is 0.137 e. The summed E-state index contributed by atoms with van der Waals surface area (Å²) in [6, 6.07) is 12.4. The van der Waals surface area contributed by atoms with Gasteiger partial charge in [0.05, 0.1) is 22.1 Å². The average Bonchev–Trinajstić information content (AvgIpc) is 3.67. The zero-order valence-electron chi connectivity index (χ0n) is 19.0. The molecule has 1 unspecified atom stereocenters. The number of hydrogen-bond acceptors (Lipinski definition) is 4. The summed E-state index contributed by atoms with van der Waals surface area (Å²) in [4.78, 5) is 31.6. The van der Waals surface area contributed by atoms with Crippen LogP contribution in [0.4, 0.5) is 0 Å². The molecule has 6 rings (SSSR count). The van der Waals surface area contributed by atoms with Gasteiger partial charge in [-0.05, 0) is 48.7 Å². The van der Waals surface area contributed by atoms with Gasteiger partial charge in [0.2, 0.25) is 0 Å². The third-order valence-electron chi connectivity index (χ3n) is 6.45. The second-order valence-electron chi connectivity index (χ2n) is 8.72. The van der Waals surface area contributed by atoms with E-state index in [9.17, 15) is 0 Å². The smallest absolute Gasteiger partial charge is 0.137 e. The molecule has 0 bridgehead atoms. The Bertz CT molecular complexity index is 1520. The summed E-state index contributed by atoms with van der Waals surface area (Å²) >= 11 is 0. The summed E-state index contributed by atoms with van der Waals surface area (Å²) in [6.07, 6.45) is 11.2. The minimum Gasteiger partial charge on any atom is -0.345 e. The van der Waals surface area contributed by atoms with Gasteiger partial charge in [-0.1, -0.05) is 13.3 Å². The standard InChI is InChI=1S/C26H26N8/c1-2-16(13-24-32-20-7-5-18(15-22(20)34-24)26-29-11-12-30-26)3-8-23-31-19-6-4-17(14-21(19)33-23)25-27-9-10-28-25/h4-7,9-12,14-16H,2-3,8,13H2,1H3,(H,27,28)(H,29,30)(H,31,33)(H,32,34). The van der Waals surface area contributed by atoms with E-state index in [1.165, 1.54) is 0 Å². The van der Waals surface area contributed by atoms with Crippen LogP contribution in [0.3, 0.4) is 0 Å². The first-order valence-electron chi connectivity index (χ1n) is 11.7. The molecule has 34 heavy (non-hydrogen) atoms. The molecule has 8 heteroatoms. The largest absolute Gasteiger partial charge is 0.345 e. The van der Waals surface area contributed by atoms with Crippen molar-refractivity contribution in [2.24, 2.45) is 5.92 Å². The van der Waals surface area contributed by atoms with E-state index in [0.29, 0.717) is 5.92 Å². The molecule has 0 aliphatic rings. The van der Waals surface area contributed by atoms with Crippen LogP contribution < -0.4 is 0 Å². The fourth-order valence-electron chi connectivity index (χ4n) is 4.55. The lowest BCUT2D eigenvalue weighted by Gasteiger charge is -2.12. The molecule has 0 saturated carbocycles. The number of fused-ring (bicyclic) bond motifs is 2. The topological polar surface area (TPSA) is 115 Å². The number of H-pyrrole nitrogens is 4. The van der Waals surface area contributed by atoms with Gasteiger partial charge < -0.3 is 19.9 Å². The van der Waals surface area contributed by atoms with Gasteiger partial charge in [0.15, 0.2) is 0 Å². The number of imidazole rings is 4. The highest BCUT2D eigenvalue weighted by molar-refractivity contribution is 5.81. The number of benzene rings is 2. The van der Waals surface area contributed by atoms with Gasteiger partial charge in [-0.15, -0.1) is 0 Å². The lowest BCUT2D eigenvalue weighted by atomic mass is 9.96. The molecule has 4 heterocycles. The molecule has 8 nitrogen and oxygen atoms in total. The van der Waals surface area contributed by atoms with E-state index < -0.39 is 0 Å². The Morgan fingerprint density at radius 1 is 0.765 bits per heavy atom. The van der Waals surface area contributed by atoms with Crippen molar-refractivity contribution in [2.45, 2.75) is 32.6 Å². The van der Waals surface area contributed by atoms with E-state index >= 15 is 0 Å².